The van der Waals surface area contributed by atoms with E-state index >= 15 is 0 Å². The molecule has 0 saturated carbocycles. The monoisotopic (exact) mass is 289 g/mol. The van der Waals surface area contributed by atoms with Gasteiger partial charge < -0.3 is 5.73 Å². The highest BCUT2D eigenvalue weighted by atomic mass is 79.9. The maximum Gasteiger partial charge on any atom is 0.268 e. The normalized spacial score (nSPS) is 18.3. The summed E-state index contributed by atoms with van der Waals surface area (Å²) in [7, 11) is -2.17. The summed E-state index contributed by atoms with van der Waals surface area (Å²) in [4.78, 5) is 4.14. The summed E-state index contributed by atoms with van der Waals surface area (Å²) in [6.07, 6.45) is 0. The van der Waals surface area contributed by atoms with E-state index in [4.69, 9.17) is 5.73 Å². The molecule has 0 atom stereocenters. The minimum Gasteiger partial charge on any atom is -0.369 e. The number of guanidine groups is 1. The molecule has 1 aromatic rings. The quantitative estimate of drug-likeness (QED) is 0.775. The number of nitrogens with two attached hydrogens (primary N) is 1. The largest absolute Gasteiger partial charge is 0.369 e. The van der Waals surface area contributed by atoms with Gasteiger partial charge in [-0.3, -0.25) is 0 Å². The SMILES string of the molecule is CN1C(N)=Nc2ccc(Br)cc2S1(=O)=O. The molecule has 15 heavy (non-hydrogen) atoms. The highest BCUT2D eigenvalue weighted by Crippen LogP contribution is 2.32. The van der Waals surface area contributed by atoms with Crippen molar-refractivity contribution in [1.29, 1.82) is 0 Å². The third-order valence-corrected chi connectivity index (χ3v) is 4.40. The Bertz CT molecular complexity index is 553. The maximum absolute atomic E-state index is 11.9. The molecule has 0 radical (unpaired) electrons. The molecule has 0 saturated heterocycles. The van der Waals surface area contributed by atoms with Crippen LogP contribution in [0.2, 0.25) is 0 Å². The fraction of sp³-hybridized carbons (Fsp3) is 0.125. The number of rotatable bonds is 0. The Hall–Kier alpha value is -1.08. The predicted molar refractivity (Wildman–Crippen MR) is 60.4 cm³/mol. The summed E-state index contributed by atoms with van der Waals surface area (Å²) in [5.74, 6) is -0.0233. The third kappa shape index (κ3) is 1.51. The van der Waals surface area contributed by atoms with E-state index in [1.54, 1.807) is 12.1 Å². The third-order valence-electron chi connectivity index (χ3n) is 2.12. The molecule has 5 nitrogen and oxygen atoms in total. The topological polar surface area (TPSA) is 75.8 Å². The molecule has 1 aliphatic rings. The van der Waals surface area contributed by atoms with Crippen LogP contribution in [0.4, 0.5) is 5.69 Å². The first-order valence-corrected chi connectivity index (χ1v) is 6.29. The van der Waals surface area contributed by atoms with Gasteiger partial charge >= 0.3 is 0 Å². The molecule has 2 rings (SSSR count). The molecular formula is C8H8BrN3O2S. The molecule has 80 valence electrons. The minimum absolute atomic E-state index is 0.0233. The van der Waals surface area contributed by atoms with Gasteiger partial charge in [-0.2, -0.15) is 0 Å². The van der Waals surface area contributed by atoms with Gasteiger partial charge in [-0.15, -0.1) is 0 Å². The second-order valence-electron chi connectivity index (χ2n) is 3.05. The van der Waals surface area contributed by atoms with Crippen LogP contribution in [-0.4, -0.2) is 25.7 Å². The van der Waals surface area contributed by atoms with Crippen LogP contribution in [0.1, 0.15) is 0 Å². The van der Waals surface area contributed by atoms with Crippen LogP contribution >= 0.6 is 15.9 Å². The molecule has 7 heteroatoms. The van der Waals surface area contributed by atoms with Gasteiger partial charge in [0.2, 0.25) is 5.96 Å². The Morgan fingerprint density at radius 2 is 2.13 bits per heavy atom. The summed E-state index contributed by atoms with van der Waals surface area (Å²) in [6.45, 7) is 0. The highest BCUT2D eigenvalue weighted by Gasteiger charge is 2.29. The molecule has 0 bridgehead atoms. The van der Waals surface area contributed by atoms with Gasteiger partial charge in [-0.05, 0) is 18.2 Å². The molecule has 2 N–H and O–H groups in total. The number of aliphatic imine (C=N–C) groups is 1. The lowest BCUT2D eigenvalue weighted by Crippen LogP contribution is -2.40. The molecule has 1 aliphatic heterocycles. The summed E-state index contributed by atoms with van der Waals surface area (Å²) < 4.78 is 25.5. The van der Waals surface area contributed by atoms with Crippen molar-refractivity contribution in [1.82, 2.24) is 4.31 Å². The molecule has 0 fully saturated rings. The van der Waals surface area contributed by atoms with Gasteiger partial charge in [0.25, 0.3) is 10.0 Å². The van der Waals surface area contributed by atoms with E-state index in [0.717, 1.165) is 4.31 Å². The average Bonchev–Trinajstić information content (AvgIpc) is 2.17. The molecule has 0 spiro atoms. The molecule has 1 heterocycles. The van der Waals surface area contributed by atoms with Crippen LogP contribution in [0.25, 0.3) is 0 Å². The Balaban J connectivity index is 2.79. The second-order valence-corrected chi connectivity index (χ2v) is 5.91. The highest BCUT2D eigenvalue weighted by molar-refractivity contribution is 9.10. The maximum atomic E-state index is 11.9. The van der Waals surface area contributed by atoms with E-state index < -0.39 is 10.0 Å². The lowest BCUT2D eigenvalue weighted by molar-refractivity contribution is 0.548. The van der Waals surface area contributed by atoms with Crippen molar-refractivity contribution in [2.45, 2.75) is 4.90 Å². The van der Waals surface area contributed by atoms with Crippen molar-refractivity contribution in [2.24, 2.45) is 10.7 Å². The first kappa shape index (κ1) is 10.4. The molecule has 0 amide bonds. The average molecular weight is 290 g/mol. The Kier molecular flexibility index (Phi) is 2.23. The smallest absolute Gasteiger partial charge is 0.268 e. The standard InChI is InChI=1S/C8H8BrN3O2S/c1-12-8(10)11-6-3-2-5(9)4-7(6)15(12,13)14/h2-4H,1H3,(H2,10,11). The van der Waals surface area contributed by atoms with Gasteiger partial charge in [-0.25, -0.2) is 17.7 Å². The van der Waals surface area contributed by atoms with Crippen molar-refractivity contribution in [2.75, 3.05) is 7.05 Å². The number of sulfonamides is 1. The second kappa shape index (κ2) is 3.21. The Morgan fingerprint density at radius 1 is 1.47 bits per heavy atom. The first-order valence-electron chi connectivity index (χ1n) is 4.05. The van der Waals surface area contributed by atoms with Crippen LogP contribution in [0.15, 0.2) is 32.6 Å². The van der Waals surface area contributed by atoms with Crippen molar-refractivity contribution in [3.8, 4) is 0 Å². The molecule has 0 unspecified atom stereocenters. The van der Waals surface area contributed by atoms with Crippen molar-refractivity contribution >= 4 is 37.6 Å². The molecular weight excluding hydrogens is 282 g/mol. The fourth-order valence-electron chi connectivity index (χ4n) is 1.25. The van der Waals surface area contributed by atoms with E-state index in [2.05, 4.69) is 20.9 Å². The minimum atomic E-state index is -3.54. The number of halogens is 1. The van der Waals surface area contributed by atoms with Crippen LogP contribution in [0.3, 0.4) is 0 Å². The van der Waals surface area contributed by atoms with Crippen LogP contribution in [-0.2, 0) is 10.0 Å². The summed E-state index contributed by atoms with van der Waals surface area (Å²) in [5, 5.41) is 0. The lowest BCUT2D eigenvalue weighted by Gasteiger charge is -2.23. The number of fused-ring (bicyclic) bond motifs is 1. The zero-order valence-electron chi connectivity index (χ0n) is 7.81. The van der Waals surface area contributed by atoms with Crippen molar-refractivity contribution in [3.05, 3.63) is 22.7 Å². The molecule has 1 aromatic carbocycles. The van der Waals surface area contributed by atoms with Gasteiger partial charge in [0.05, 0.1) is 5.69 Å². The summed E-state index contributed by atoms with van der Waals surface area (Å²) >= 11 is 3.21. The van der Waals surface area contributed by atoms with Gasteiger partial charge in [0.15, 0.2) is 0 Å². The van der Waals surface area contributed by atoms with Crippen molar-refractivity contribution in [3.63, 3.8) is 0 Å². The lowest BCUT2D eigenvalue weighted by atomic mass is 10.3. The van der Waals surface area contributed by atoms with E-state index in [1.807, 2.05) is 0 Å². The van der Waals surface area contributed by atoms with E-state index in [0.29, 0.717) is 10.2 Å². The summed E-state index contributed by atoms with van der Waals surface area (Å²) in [5.41, 5.74) is 5.86. The molecule has 0 aromatic heterocycles. The zero-order chi connectivity index (χ0) is 11.2. The number of hydrogen-bond acceptors (Lipinski definition) is 4. The first-order chi connectivity index (χ1) is 6.93. The number of nitrogens with zero attached hydrogens (tertiary/aromatic N) is 2. The van der Waals surface area contributed by atoms with Gasteiger partial charge in [0, 0.05) is 11.5 Å². The van der Waals surface area contributed by atoms with E-state index in [-0.39, 0.29) is 10.9 Å². The van der Waals surface area contributed by atoms with Gasteiger partial charge in [0.1, 0.15) is 4.90 Å². The Morgan fingerprint density at radius 3 is 2.80 bits per heavy atom. The van der Waals surface area contributed by atoms with E-state index in [9.17, 15) is 8.42 Å². The zero-order valence-corrected chi connectivity index (χ0v) is 10.2. The fourth-order valence-corrected chi connectivity index (χ4v) is 3.00. The van der Waals surface area contributed by atoms with Crippen LogP contribution in [0, 0.1) is 0 Å². The van der Waals surface area contributed by atoms with Crippen LogP contribution < -0.4 is 5.73 Å². The Labute approximate surface area is 95.8 Å². The van der Waals surface area contributed by atoms with E-state index in [1.165, 1.54) is 13.1 Å². The van der Waals surface area contributed by atoms with Crippen molar-refractivity contribution < 1.29 is 8.42 Å². The van der Waals surface area contributed by atoms with Gasteiger partial charge in [-0.1, -0.05) is 15.9 Å². The molecule has 0 aliphatic carbocycles. The summed E-state index contributed by atoms with van der Waals surface area (Å²) in [6, 6.07) is 4.84. The number of benzene rings is 1. The van der Waals surface area contributed by atoms with Crippen LogP contribution in [0.5, 0.6) is 0 Å². The predicted octanol–water partition coefficient (Wildman–Crippen LogP) is 1.03. The number of hydrogen-bond donors (Lipinski definition) is 1.